The molecule has 0 bridgehead atoms. The largest absolute Gasteiger partial charge is 0.393 e. The molecule has 1 nitrogen and oxygen atoms in total. The van der Waals surface area contributed by atoms with E-state index in [1.165, 1.54) is 64.2 Å². The lowest BCUT2D eigenvalue weighted by Gasteiger charge is -2.61. The Morgan fingerprint density at radius 1 is 0.833 bits per heavy atom. The van der Waals surface area contributed by atoms with E-state index in [0.717, 1.165) is 60.2 Å². The molecule has 10 atom stereocenters. The van der Waals surface area contributed by atoms with Gasteiger partial charge in [-0.15, -0.1) is 0 Å². The van der Waals surface area contributed by atoms with Crippen LogP contribution in [0.1, 0.15) is 119 Å². The number of aliphatic hydroxyl groups excluding tert-OH is 1. The second-order valence-electron chi connectivity index (χ2n) is 13.3. The highest BCUT2D eigenvalue weighted by Gasteiger charge is 2.60. The molecule has 0 unspecified atom stereocenters. The summed E-state index contributed by atoms with van der Waals surface area (Å²) in [6.07, 6.45) is 16.5. The van der Waals surface area contributed by atoms with Gasteiger partial charge in [0.25, 0.3) is 0 Å². The number of rotatable bonds is 6. The fraction of sp³-hybridized carbons (Fsp3) is 1.00. The maximum Gasteiger partial charge on any atom is 0.0543 e. The third-order valence-electron chi connectivity index (χ3n) is 11.9. The molecule has 4 fully saturated rings. The van der Waals surface area contributed by atoms with Gasteiger partial charge in [0.2, 0.25) is 0 Å². The predicted octanol–water partition coefficient (Wildman–Crippen LogP) is 8.10. The van der Waals surface area contributed by atoms with Gasteiger partial charge in [0.15, 0.2) is 0 Å². The average molecular weight is 417 g/mol. The lowest BCUT2D eigenvalue weighted by atomic mass is 9.44. The minimum atomic E-state index is -0.0111. The number of fused-ring (bicyclic) bond motifs is 5. The lowest BCUT2D eigenvalue weighted by molar-refractivity contribution is -0.129. The van der Waals surface area contributed by atoms with Crippen molar-refractivity contribution in [1.29, 1.82) is 0 Å². The van der Waals surface area contributed by atoms with E-state index in [2.05, 4.69) is 41.5 Å². The highest BCUT2D eigenvalue weighted by atomic mass is 16.3. The standard InChI is InChI=1S/C29H52O/c1-7-21(19(2)3)9-8-20(4)25-12-13-26-24-11-10-22-18-23(30)14-16-28(22,5)27(24)15-17-29(25,26)6/h19-27,30H,7-18H2,1-6H3/t20-,21-,22+,23+,24+,25-,26+,27-,28+,29-/m1/s1. The normalized spacial score (nSPS) is 48.0. The van der Waals surface area contributed by atoms with Crippen LogP contribution in [-0.4, -0.2) is 11.2 Å². The Labute approximate surface area is 188 Å². The van der Waals surface area contributed by atoms with Crippen molar-refractivity contribution in [2.45, 2.75) is 125 Å². The van der Waals surface area contributed by atoms with E-state index in [1.807, 2.05) is 0 Å². The fourth-order valence-electron chi connectivity index (χ4n) is 9.90. The Morgan fingerprint density at radius 2 is 1.53 bits per heavy atom. The molecule has 0 aromatic carbocycles. The monoisotopic (exact) mass is 416 g/mol. The maximum atomic E-state index is 10.3. The molecule has 174 valence electrons. The molecule has 0 saturated heterocycles. The topological polar surface area (TPSA) is 20.2 Å². The average Bonchev–Trinajstić information content (AvgIpc) is 3.06. The zero-order chi connectivity index (χ0) is 21.7. The van der Waals surface area contributed by atoms with Gasteiger partial charge < -0.3 is 5.11 Å². The van der Waals surface area contributed by atoms with Crippen molar-refractivity contribution in [2.24, 2.45) is 58.2 Å². The zero-order valence-electron chi connectivity index (χ0n) is 21.1. The second kappa shape index (κ2) is 8.72. The second-order valence-corrected chi connectivity index (χ2v) is 13.3. The molecule has 0 aromatic rings. The summed E-state index contributed by atoms with van der Waals surface area (Å²) in [6, 6.07) is 0. The highest BCUT2D eigenvalue weighted by molar-refractivity contribution is 5.09. The van der Waals surface area contributed by atoms with E-state index in [9.17, 15) is 5.11 Å². The number of aliphatic hydroxyl groups is 1. The van der Waals surface area contributed by atoms with Crippen LogP contribution in [0.25, 0.3) is 0 Å². The van der Waals surface area contributed by atoms with Gasteiger partial charge in [-0.1, -0.05) is 54.4 Å². The first-order valence-electron chi connectivity index (χ1n) is 13.9. The molecule has 4 saturated carbocycles. The molecule has 4 aliphatic carbocycles. The van der Waals surface area contributed by atoms with Crippen LogP contribution in [0.4, 0.5) is 0 Å². The van der Waals surface area contributed by atoms with Crippen molar-refractivity contribution in [3.8, 4) is 0 Å². The first kappa shape index (κ1) is 23.1. The van der Waals surface area contributed by atoms with E-state index in [0.29, 0.717) is 10.8 Å². The molecule has 4 aliphatic rings. The molecule has 0 spiro atoms. The Balaban J connectivity index is 1.45. The summed E-state index contributed by atoms with van der Waals surface area (Å²) in [4.78, 5) is 0. The van der Waals surface area contributed by atoms with Gasteiger partial charge in [0.05, 0.1) is 6.10 Å². The molecule has 0 aliphatic heterocycles. The van der Waals surface area contributed by atoms with Gasteiger partial charge in [-0.2, -0.15) is 0 Å². The molecule has 0 amide bonds. The van der Waals surface area contributed by atoms with E-state index in [-0.39, 0.29) is 6.10 Å². The first-order valence-corrected chi connectivity index (χ1v) is 13.9. The van der Waals surface area contributed by atoms with Crippen molar-refractivity contribution in [2.75, 3.05) is 0 Å². The third-order valence-corrected chi connectivity index (χ3v) is 11.9. The smallest absolute Gasteiger partial charge is 0.0543 e. The molecular formula is C29H52O. The highest BCUT2D eigenvalue weighted by Crippen LogP contribution is 2.68. The Hall–Kier alpha value is -0.0400. The quantitative estimate of drug-likeness (QED) is 0.463. The summed E-state index contributed by atoms with van der Waals surface area (Å²) in [5, 5.41) is 10.3. The minimum Gasteiger partial charge on any atom is -0.393 e. The van der Waals surface area contributed by atoms with Crippen molar-refractivity contribution in [1.82, 2.24) is 0 Å². The summed E-state index contributed by atoms with van der Waals surface area (Å²) < 4.78 is 0. The number of hydrogen-bond donors (Lipinski definition) is 1. The summed E-state index contributed by atoms with van der Waals surface area (Å²) >= 11 is 0. The van der Waals surface area contributed by atoms with E-state index in [4.69, 9.17) is 0 Å². The summed E-state index contributed by atoms with van der Waals surface area (Å²) in [7, 11) is 0. The SMILES string of the molecule is CC[C@H](CC[C@@H](C)[C@H]1CC[C@H]2[C@@H]3CC[C@H]4C[C@@H](O)CC[C@]4(C)[C@@H]3CC[C@]12C)C(C)C. The summed E-state index contributed by atoms with van der Waals surface area (Å²) in [6.45, 7) is 15.2. The van der Waals surface area contributed by atoms with E-state index in [1.54, 1.807) is 0 Å². The van der Waals surface area contributed by atoms with Crippen molar-refractivity contribution in [3.05, 3.63) is 0 Å². The van der Waals surface area contributed by atoms with Gasteiger partial charge in [0, 0.05) is 0 Å². The fourth-order valence-corrected chi connectivity index (χ4v) is 9.90. The van der Waals surface area contributed by atoms with Crippen molar-refractivity contribution < 1.29 is 5.11 Å². The predicted molar refractivity (Wildman–Crippen MR) is 128 cm³/mol. The van der Waals surface area contributed by atoms with Gasteiger partial charge in [-0.25, -0.2) is 0 Å². The number of hydrogen-bond acceptors (Lipinski definition) is 1. The van der Waals surface area contributed by atoms with Gasteiger partial charge in [-0.05, 0) is 122 Å². The van der Waals surface area contributed by atoms with Crippen LogP contribution in [-0.2, 0) is 0 Å². The molecule has 0 aromatic heterocycles. The van der Waals surface area contributed by atoms with Gasteiger partial charge in [0.1, 0.15) is 0 Å². The van der Waals surface area contributed by atoms with Crippen LogP contribution in [0.5, 0.6) is 0 Å². The lowest BCUT2D eigenvalue weighted by Crippen LogP contribution is -2.54. The van der Waals surface area contributed by atoms with Crippen LogP contribution in [0, 0.1) is 58.2 Å². The minimum absolute atomic E-state index is 0.0111. The Morgan fingerprint density at radius 3 is 2.23 bits per heavy atom. The van der Waals surface area contributed by atoms with Crippen molar-refractivity contribution >= 4 is 0 Å². The molecule has 0 heterocycles. The maximum absolute atomic E-state index is 10.3. The van der Waals surface area contributed by atoms with Crippen LogP contribution < -0.4 is 0 Å². The first-order chi connectivity index (χ1) is 14.2. The van der Waals surface area contributed by atoms with Crippen LogP contribution in [0.2, 0.25) is 0 Å². The van der Waals surface area contributed by atoms with E-state index < -0.39 is 0 Å². The zero-order valence-corrected chi connectivity index (χ0v) is 21.1. The van der Waals surface area contributed by atoms with Gasteiger partial charge in [-0.3, -0.25) is 0 Å². The van der Waals surface area contributed by atoms with Crippen LogP contribution in [0.15, 0.2) is 0 Å². The summed E-state index contributed by atoms with van der Waals surface area (Å²) in [5.74, 6) is 7.34. The Kier molecular flexibility index (Phi) is 6.72. The third kappa shape index (κ3) is 3.82. The molecule has 4 rings (SSSR count). The van der Waals surface area contributed by atoms with Crippen molar-refractivity contribution in [3.63, 3.8) is 0 Å². The molecule has 30 heavy (non-hydrogen) atoms. The molecular weight excluding hydrogens is 364 g/mol. The van der Waals surface area contributed by atoms with E-state index >= 15 is 0 Å². The summed E-state index contributed by atoms with van der Waals surface area (Å²) in [5.41, 5.74) is 1.14. The molecule has 0 radical (unpaired) electrons. The molecule has 1 heteroatoms. The Bertz CT molecular complexity index is 583. The van der Waals surface area contributed by atoms with Crippen LogP contribution in [0.3, 0.4) is 0 Å². The van der Waals surface area contributed by atoms with Crippen LogP contribution >= 0.6 is 0 Å². The molecule has 1 N–H and O–H groups in total. The van der Waals surface area contributed by atoms with Gasteiger partial charge >= 0.3 is 0 Å².